The van der Waals surface area contributed by atoms with Gasteiger partial charge in [-0.3, -0.25) is 9.59 Å². The number of nitrogens with zero attached hydrogens (tertiary/aromatic N) is 1. The molecule has 0 spiro atoms. The fourth-order valence-corrected chi connectivity index (χ4v) is 2.87. The van der Waals surface area contributed by atoms with Gasteiger partial charge in [-0.25, -0.2) is 0 Å². The number of carbonyl (C=O) groups is 2. The van der Waals surface area contributed by atoms with E-state index >= 15 is 0 Å². The van der Waals surface area contributed by atoms with Gasteiger partial charge in [0.1, 0.15) is 0 Å². The molecule has 1 aromatic carbocycles. The lowest BCUT2D eigenvalue weighted by Crippen LogP contribution is -2.47. The third-order valence-corrected chi connectivity index (χ3v) is 3.88. The van der Waals surface area contributed by atoms with Crippen LogP contribution in [0.3, 0.4) is 0 Å². The highest BCUT2D eigenvalue weighted by atomic mass is 16.6. The van der Waals surface area contributed by atoms with E-state index in [-0.39, 0.29) is 23.9 Å². The van der Waals surface area contributed by atoms with Crippen molar-refractivity contribution in [3.63, 3.8) is 0 Å². The highest BCUT2D eigenvalue weighted by molar-refractivity contribution is 5.92. The highest BCUT2D eigenvalue weighted by Crippen LogP contribution is 2.39. The van der Waals surface area contributed by atoms with Gasteiger partial charge in [-0.2, -0.15) is 0 Å². The Morgan fingerprint density at radius 2 is 1.65 bits per heavy atom. The molecule has 1 amide bonds. The topological polar surface area (TPSA) is 74.3 Å². The number of methoxy groups -OCH3 is 2. The normalized spacial score (nSPS) is 20.1. The summed E-state index contributed by atoms with van der Waals surface area (Å²) in [6, 6.07) is 3.35. The first-order valence-electron chi connectivity index (χ1n) is 8.41. The maximum atomic E-state index is 12.4. The van der Waals surface area contributed by atoms with E-state index in [0.29, 0.717) is 30.2 Å². The first-order chi connectivity index (χ1) is 12.3. The fraction of sp³-hybridized carbons (Fsp3) is 0.474. The summed E-state index contributed by atoms with van der Waals surface area (Å²) in [5.74, 6) is 0.340. The fourth-order valence-electron chi connectivity index (χ4n) is 2.87. The molecule has 0 bridgehead atoms. The lowest BCUT2D eigenvalue weighted by Gasteiger charge is -2.34. The van der Waals surface area contributed by atoms with Crippen molar-refractivity contribution >= 4 is 18.0 Å². The average molecular weight is 363 g/mol. The van der Waals surface area contributed by atoms with Crippen LogP contribution in [0.1, 0.15) is 26.3 Å². The second-order valence-corrected chi connectivity index (χ2v) is 6.18. The van der Waals surface area contributed by atoms with Gasteiger partial charge in [0.25, 0.3) is 0 Å². The van der Waals surface area contributed by atoms with Crippen LogP contribution in [0.5, 0.6) is 17.2 Å². The zero-order chi connectivity index (χ0) is 19.3. The van der Waals surface area contributed by atoms with Crippen molar-refractivity contribution in [3.8, 4) is 17.2 Å². The van der Waals surface area contributed by atoms with Gasteiger partial charge >= 0.3 is 5.97 Å². The Labute approximate surface area is 153 Å². The van der Waals surface area contributed by atoms with E-state index in [9.17, 15) is 9.59 Å². The Morgan fingerprint density at radius 1 is 1.12 bits per heavy atom. The number of benzene rings is 1. The average Bonchev–Trinajstić information content (AvgIpc) is 2.58. The van der Waals surface area contributed by atoms with Crippen molar-refractivity contribution in [2.75, 3.05) is 27.3 Å². The minimum absolute atomic E-state index is 0.0132. The Hall–Kier alpha value is -2.54. The summed E-state index contributed by atoms with van der Waals surface area (Å²) in [4.78, 5) is 25.5. The number of ether oxygens (including phenoxy) is 4. The first kappa shape index (κ1) is 19.8. The van der Waals surface area contributed by atoms with Gasteiger partial charge in [0.2, 0.25) is 11.7 Å². The maximum Gasteiger partial charge on any atom is 0.308 e. The molecule has 2 unspecified atom stereocenters. The van der Waals surface area contributed by atoms with Crippen molar-refractivity contribution in [2.24, 2.45) is 0 Å². The molecule has 142 valence electrons. The van der Waals surface area contributed by atoms with E-state index in [1.165, 1.54) is 27.2 Å². The number of hydrogen-bond donors (Lipinski definition) is 0. The molecule has 1 fully saturated rings. The second-order valence-electron chi connectivity index (χ2n) is 6.18. The van der Waals surface area contributed by atoms with Crippen molar-refractivity contribution in [1.29, 1.82) is 0 Å². The van der Waals surface area contributed by atoms with Crippen molar-refractivity contribution in [1.82, 2.24) is 4.90 Å². The summed E-state index contributed by atoms with van der Waals surface area (Å²) in [5.41, 5.74) is 0.692. The van der Waals surface area contributed by atoms with E-state index < -0.39 is 5.97 Å². The van der Waals surface area contributed by atoms with E-state index in [2.05, 4.69) is 0 Å². The Balaban J connectivity index is 2.21. The first-order valence-corrected chi connectivity index (χ1v) is 8.41. The molecule has 1 aliphatic heterocycles. The number of rotatable bonds is 5. The molecule has 2 atom stereocenters. The number of esters is 1. The summed E-state index contributed by atoms with van der Waals surface area (Å²) >= 11 is 0. The van der Waals surface area contributed by atoms with Crippen molar-refractivity contribution in [2.45, 2.75) is 33.0 Å². The number of morpholine rings is 1. The SMILES string of the molecule is COc1cc(C=CC(=O)N2CC(C)OC(C)C2)cc(OC)c1OC(C)=O. The largest absolute Gasteiger partial charge is 0.493 e. The Kier molecular flexibility index (Phi) is 6.63. The smallest absolute Gasteiger partial charge is 0.308 e. The predicted octanol–water partition coefficient (Wildman–Crippen LogP) is 2.28. The van der Waals surface area contributed by atoms with Crippen LogP contribution < -0.4 is 14.2 Å². The minimum Gasteiger partial charge on any atom is -0.493 e. The van der Waals surface area contributed by atoms with Crippen LogP contribution in [0.15, 0.2) is 18.2 Å². The van der Waals surface area contributed by atoms with Crippen LogP contribution in [0.25, 0.3) is 6.08 Å². The third-order valence-electron chi connectivity index (χ3n) is 3.88. The van der Waals surface area contributed by atoms with E-state index in [4.69, 9.17) is 18.9 Å². The van der Waals surface area contributed by atoms with Gasteiger partial charge in [0.05, 0.1) is 26.4 Å². The van der Waals surface area contributed by atoms with Gasteiger partial charge in [0.15, 0.2) is 11.5 Å². The maximum absolute atomic E-state index is 12.4. The zero-order valence-electron chi connectivity index (χ0n) is 15.8. The lowest BCUT2D eigenvalue weighted by molar-refractivity contribution is -0.138. The molecular formula is C19H25NO6. The Morgan fingerprint density at radius 3 is 2.12 bits per heavy atom. The molecule has 1 aliphatic rings. The van der Waals surface area contributed by atoms with Crippen LogP contribution in [-0.2, 0) is 14.3 Å². The molecule has 7 heteroatoms. The number of carbonyl (C=O) groups excluding carboxylic acids is 2. The molecule has 0 aromatic heterocycles. The Bertz CT molecular complexity index is 664. The van der Waals surface area contributed by atoms with E-state index in [1.54, 1.807) is 23.1 Å². The predicted molar refractivity (Wildman–Crippen MR) is 96.5 cm³/mol. The van der Waals surface area contributed by atoms with Gasteiger partial charge in [-0.15, -0.1) is 0 Å². The van der Waals surface area contributed by atoms with E-state index in [0.717, 1.165) is 0 Å². The summed E-state index contributed by atoms with van der Waals surface area (Å²) in [5, 5.41) is 0. The van der Waals surface area contributed by atoms with E-state index in [1.807, 2.05) is 13.8 Å². The number of hydrogen-bond acceptors (Lipinski definition) is 6. The monoisotopic (exact) mass is 363 g/mol. The molecule has 1 heterocycles. The molecule has 0 aliphatic carbocycles. The molecule has 26 heavy (non-hydrogen) atoms. The number of amides is 1. The zero-order valence-corrected chi connectivity index (χ0v) is 15.8. The summed E-state index contributed by atoms with van der Waals surface area (Å²) in [6.45, 7) is 6.32. The quantitative estimate of drug-likeness (QED) is 0.454. The molecule has 1 aromatic rings. The van der Waals surface area contributed by atoms with Gasteiger partial charge in [-0.05, 0) is 37.6 Å². The van der Waals surface area contributed by atoms with Crippen LogP contribution in [0, 0.1) is 0 Å². The second kappa shape index (κ2) is 8.71. The highest BCUT2D eigenvalue weighted by Gasteiger charge is 2.24. The molecule has 2 rings (SSSR count). The molecular weight excluding hydrogens is 338 g/mol. The molecule has 0 radical (unpaired) electrons. The molecule has 0 saturated carbocycles. The minimum atomic E-state index is -0.476. The van der Waals surface area contributed by atoms with Crippen molar-refractivity contribution < 1.29 is 28.5 Å². The third kappa shape index (κ3) is 4.98. The summed E-state index contributed by atoms with van der Waals surface area (Å²) < 4.78 is 21.4. The van der Waals surface area contributed by atoms with Crippen LogP contribution in [0.4, 0.5) is 0 Å². The van der Waals surface area contributed by atoms with Crippen molar-refractivity contribution in [3.05, 3.63) is 23.8 Å². The van der Waals surface area contributed by atoms with Gasteiger partial charge in [-0.1, -0.05) is 0 Å². The van der Waals surface area contributed by atoms with Crippen LogP contribution in [0.2, 0.25) is 0 Å². The molecule has 1 saturated heterocycles. The van der Waals surface area contributed by atoms with Crippen LogP contribution in [-0.4, -0.2) is 56.3 Å². The van der Waals surface area contributed by atoms with Crippen LogP contribution >= 0.6 is 0 Å². The lowest BCUT2D eigenvalue weighted by atomic mass is 10.1. The summed E-state index contributed by atoms with van der Waals surface area (Å²) in [7, 11) is 2.94. The van der Waals surface area contributed by atoms with Gasteiger partial charge in [0, 0.05) is 26.1 Å². The van der Waals surface area contributed by atoms with Gasteiger partial charge < -0.3 is 23.8 Å². The summed E-state index contributed by atoms with van der Waals surface area (Å²) in [6.07, 6.45) is 3.21. The molecule has 0 N–H and O–H groups in total. The standard InChI is InChI=1S/C19H25NO6/c1-12-10-20(11-13(2)25-12)18(22)7-6-15-8-16(23-4)19(26-14(3)21)17(9-15)24-5/h6-9,12-13H,10-11H2,1-5H3. The molecule has 7 nitrogen and oxygen atoms in total.